The number of carbonyl (C=O) groups is 1. The molecule has 0 radical (unpaired) electrons. The van der Waals surface area contributed by atoms with Crippen molar-refractivity contribution < 1.29 is 38.7 Å². The monoisotopic (exact) mass is 673 g/mol. The smallest absolute Gasteiger partial charge is 0.303 e. The zero-order valence-corrected chi connectivity index (χ0v) is 30.8. The molecule has 8 aliphatic rings. The van der Waals surface area contributed by atoms with E-state index in [9.17, 15) is 15.0 Å². The van der Waals surface area contributed by atoms with Gasteiger partial charge in [0, 0.05) is 32.0 Å². The molecule has 2 spiro atoms. The average Bonchev–Trinajstić information content (AvgIpc) is 3.67. The number of morpholine rings is 1. The number of aliphatic hydroxyl groups is 2. The van der Waals surface area contributed by atoms with Gasteiger partial charge in [-0.15, -0.1) is 0 Å². The van der Waals surface area contributed by atoms with Gasteiger partial charge in [0.1, 0.15) is 6.10 Å². The highest BCUT2D eigenvalue weighted by Crippen LogP contribution is 2.89. The van der Waals surface area contributed by atoms with Crippen LogP contribution in [0.1, 0.15) is 107 Å². The zero-order valence-electron chi connectivity index (χ0n) is 30.8. The van der Waals surface area contributed by atoms with Crippen LogP contribution in [-0.2, 0) is 28.5 Å². The summed E-state index contributed by atoms with van der Waals surface area (Å²) in [6.45, 7) is 21.1. The first-order chi connectivity index (χ1) is 22.5. The van der Waals surface area contributed by atoms with Crippen molar-refractivity contribution in [3.63, 3.8) is 0 Å². The minimum atomic E-state index is -1.25. The van der Waals surface area contributed by atoms with Gasteiger partial charge in [-0.25, -0.2) is 0 Å². The maximum Gasteiger partial charge on any atom is 0.303 e. The molecule has 9 nitrogen and oxygen atoms in total. The predicted molar refractivity (Wildman–Crippen MR) is 179 cm³/mol. The molecule has 0 aromatic heterocycles. The lowest BCUT2D eigenvalue weighted by Gasteiger charge is -2.64. The van der Waals surface area contributed by atoms with Crippen LogP contribution >= 0.6 is 0 Å². The Balaban J connectivity index is 1.04. The largest absolute Gasteiger partial charge is 0.457 e. The Morgan fingerprint density at radius 3 is 2.38 bits per heavy atom. The van der Waals surface area contributed by atoms with Gasteiger partial charge in [-0.1, -0.05) is 34.6 Å². The minimum absolute atomic E-state index is 0.0174. The summed E-state index contributed by atoms with van der Waals surface area (Å²) >= 11 is 0. The van der Waals surface area contributed by atoms with Crippen molar-refractivity contribution >= 4 is 5.97 Å². The van der Waals surface area contributed by atoms with E-state index in [1.54, 1.807) is 13.8 Å². The standard InChI is InChI=1S/C39H63NO8/c1-22-19-24(32(35(5,6)43)46-23(2)41)47-30-29(22)36(7)13-14-39-21-38(39)12-11-28(48-33-25-20-40(15-17-44-25)16-18-45-33)34(3,4)26(38)9-10-27(39)37(36,8)31(30)42/h22,24-33,42-43H,9-21H2,1-8H3/t22-,24-,25+,26+,27+,28+,29+,30+,31+,32+,33+,36-,37-,38-,39+/m1/s1. The molecule has 0 aromatic rings. The number of fused-ring (bicyclic) bond motifs is 6. The molecule has 3 heterocycles. The van der Waals surface area contributed by atoms with Gasteiger partial charge < -0.3 is 33.9 Å². The molecule has 3 saturated heterocycles. The first kappa shape index (κ1) is 34.3. The molecular formula is C39H63NO8. The Morgan fingerprint density at radius 1 is 0.979 bits per heavy atom. The molecule has 8 rings (SSSR count). The fraction of sp³-hybridized carbons (Fsp3) is 0.974. The van der Waals surface area contributed by atoms with Crippen molar-refractivity contribution in [3.05, 3.63) is 0 Å². The number of aliphatic hydroxyl groups excluding tert-OH is 1. The lowest BCUT2D eigenvalue weighted by molar-refractivity contribution is -0.261. The van der Waals surface area contributed by atoms with Gasteiger partial charge in [-0.3, -0.25) is 9.69 Å². The SMILES string of the molecule is CC(=O)O[C@@H]([C@H]1C[C@@H](C)[C@H]2[C@H](O1)[C@H](O)[C@@]1(C)[C@@H]3CC[C@H]4C(C)(C)[C@@H](O[C@@H]5OCCN6CCO[C@H]5C6)CC[C@@]45C[C@@]35CC[C@]21C)C(C)(C)O. The third-order valence-electron chi connectivity index (χ3n) is 16.6. The molecule has 3 aliphatic heterocycles. The van der Waals surface area contributed by atoms with Crippen LogP contribution in [0.25, 0.3) is 0 Å². The van der Waals surface area contributed by atoms with Gasteiger partial charge >= 0.3 is 5.97 Å². The number of carbonyl (C=O) groups excluding carboxylic acids is 1. The van der Waals surface area contributed by atoms with E-state index in [0.717, 1.165) is 45.5 Å². The number of ether oxygens (including phenoxy) is 5. The van der Waals surface area contributed by atoms with Crippen LogP contribution in [0, 0.1) is 50.7 Å². The maximum atomic E-state index is 12.6. The minimum Gasteiger partial charge on any atom is -0.457 e. The van der Waals surface area contributed by atoms with Crippen molar-refractivity contribution in [1.29, 1.82) is 0 Å². The first-order valence-electron chi connectivity index (χ1n) is 19.3. The lowest BCUT2D eigenvalue weighted by Crippen LogP contribution is -2.60. The summed E-state index contributed by atoms with van der Waals surface area (Å²) in [5, 5.41) is 23.6. The molecule has 8 fully saturated rings. The predicted octanol–water partition coefficient (Wildman–Crippen LogP) is 4.94. The van der Waals surface area contributed by atoms with E-state index in [-0.39, 0.29) is 58.1 Å². The lowest BCUT2D eigenvalue weighted by atomic mass is 9.41. The number of esters is 1. The zero-order chi connectivity index (χ0) is 34.2. The highest BCUT2D eigenvalue weighted by atomic mass is 16.7. The topological polar surface area (TPSA) is 107 Å². The molecule has 0 aromatic carbocycles. The fourth-order valence-electron chi connectivity index (χ4n) is 14.4. The van der Waals surface area contributed by atoms with Gasteiger partial charge in [-0.05, 0) is 111 Å². The highest BCUT2D eigenvalue weighted by Gasteiger charge is 2.84. The van der Waals surface area contributed by atoms with Crippen LogP contribution in [0.5, 0.6) is 0 Å². The van der Waals surface area contributed by atoms with E-state index in [1.165, 1.54) is 32.6 Å². The molecular weight excluding hydrogens is 610 g/mol. The summed E-state index contributed by atoms with van der Waals surface area (Å²) < 4.78 is 32.0. The van der Waals surface area contributed by atoms with E-state index in [0.29, 0.717) is 30.3 Å². The number of nitrogens with zero attached hydrogens (tertiary/aromatic N) is 1. The van der Waals surface area contributed by atoms with E-state index in [4.69, 9.17) is 23.7 Å². The highest BCUT2D eigenvalue weighted by molar-refractivity contribution is 5.66. The number of rotatable bonds is 5. The molecule has 48 heavy (non-hydrogen) atoms. The molecule has 1 unspecified atom stereocenters. The molecule has 272 valence electrons. The van der Waals surface area contributed by atoms with Crippen LogP contribution in [0.2, 0.25) is 0 Å². The maximum absolute atomic E-state index is 12.6. The van der Waals surface area contributed by atoms with E-state index >= 15 is 0 Å². The molecule has 0 amide bonds. The summed E-state index contributed by atoms with van der Waals surface area (Å²) in [4.78, 5) is 14.5. The Hall–Kier alpha value is -0.810. The third-order valence-corrected chi connectivity index (χ3v) is 16.6. The van der Waals surface area contributed by atoms with Crippen LogP contribution < -0.4 is 0 Å². The van der Waals surface area contributed by atoms with E-state index in [2.05, 4.69) is 39.5 Å². The van der Waals surface area contributed by atoms with Crippen molar-refractivity contribution in [2.45, 2.75) is 155 Å². The van der Waals surface area contributed by atoms with Crippen molar-refractivity contribution in [2.75, 3.05) is 32.8 Å². The molecule has 16 atom stereocenters. The van der Waals surface area contributed by atoms with Crippen LogP contribution in [0.3, 0.4) is 0 Å². The van der Waals surface area contributed by atoms with Gasteiger partial charge in [0.15, 0.2) is 12.4 Å². The number of hydrogen-bond acceptors (Lipinski definition) is 9. The van der Waals surface area contributed by atoms with E-state index in [1.807, 2.05) is 0 Å². The van der Waals surface area contributed by atoms with Crippen LogP contribution in [0.4, 0.5) is 0 Å². The molecule has 5 aliphatic carbocycles. The van der Waals surface area contributed by atoms with Crippen LogP contribution in [0.15, 0.2) is 0 Å². The van der Waals surface area contributed by atoms with Gasteiger partial charge in [-0.2, -0.15) is 0 Å². The fourth-order valence-corrected chi connectivity index (χ4v) is 14.4. The second kappa shape index (κ2) is 11.1. The second-order valence-electron chi connectivity index (χ2n) is 19.3. The first-order valence-corrected chi connectivity index (χ1v) is 19.3. The Labute approximate surface area is 288 Å². The van der Waals surface area contributed by atoms with Crippen molar-refractivity contribution in [3.8, 4) is 0 Å². The Morgan fingerprint density at radius 2 is 1.67 bits per heavy atom. The molecule has 2 N–H and O–H groups in total. The summed E-state index contributed by atoms with van der Waals surface area (Å²) in [6.07, 6.45) is 6.47. The van der Waals surface area contributed by atoms with Gasteiger partial charge in [0.05, 0.1) is 43.2 Å². The summed E-state index contributed by atoms with van der Waals surface area (Å²) in [5.74, 6) is 1.09. The Kier molecular flexibility index (Phi) is 7.93. The summed E-state index contributed by atoms with van der Waals surface area (Å²) in [7, 11) is 0. The normalized spacial score (nSPS) is 54.3. The van der Waals surface area contributed by atoms with Gasteiger partial charge in [0.25, 0.3) is 0 Å². The van der Waals surface area contributed by atoms with Gasteiger partial charge in [0.2, 0.25) is 0 Å². The van der Waals surface area contributed by atoms with E-state index < -0.39 is 29.9 Å². The quantitative estimate of drug-likeness (QED) is 0.393. The number of hydrogen-bond donors (Lipinski definition) is 2. The van der Waals surface area contributed by atoms with Crippen molar-refractivity contribution in [2.24, 2.45) is 50.7 Å². The summed E-state index contributed by atoms with van der Waals surface area (Å²) in [6, 6.07) is 0. The van der Waals surface area contributed by atoms with Crippen molar-refractivity contribution in [1.82, 2.24) is 4.90 Å². The molecule has 2 bridgehead atoms. The average molecular weight is 674 g/mol. The molecule has 9 heteroatoms. The summed E-state index contributed by atoms with van der Waals surface area (Å²) in [5.41, 5.74) is -1.01. The molecule has 5 saturated carbocycles. The van der Waals surface area contributed by atoms with Crippen LogP contribution in [-0.4, -0.2) is 102 Å². The third kappa shape index (κ3) is 4.55. The second-order valence-corrected chi connectivity index (χ2v) is 19.3. The Bertz CT molecular complexity index is 1280.